The molecule has 8 N–H and O–H groups in total. The Morgan fingerprint density at radius 2 is 0.667 bits per heavy atom. The summed E-state index contributed by atoms with van der Waals surface area (Å²) < 4.78 is 0. The number of hydrogen-bond donors (Lipinski definition) is 8. The van der Waals surface area contributed by atoms with Crippen LogP contribution in [-0.2, 0) is 16.8 Å². The molecule has 319 valence electrons. The molecule has 8 rings (SSSR count). The SMILES string of the molecule is O=C([O-])c1ccc(-c2ccc(C(=O)O)cc2)c(C(=O)O)c1.O=C([O-])c1ccc(-c2ccc(C(=O)O)cc2)c(C(=O)O)c1.[Co+2].c1c[nH]c(-c2ncc[nH]2)n1.c1c[nH]c(-c2ncc[nH]2)n1. The average Bonchev–Trinajstić information content (AvgIpc) is 4.13. The molecule has 0 aliphatic carbocycles. The number of carbonyl (C=O) groups is 6. The molecule has 0 atom stereocenters. The summed E-state index contributed by atoms with van der Waals surface area (Å²) in [5.41, 5.74) is 0.818. The van der Waals surface area contributed by atoms with Crippen LogP contribution in [0.3, 0.4) is 0 Å². The minimum atomic E-state index is -1.47. The molecule has 4 heterocycles. The van der Waals surface area contributed by atoms with Crippen LogP contribution in [0.1, 0.15) is 62.1 Å². The maximum atomic E-state index is 11.2. The number of hydrogen-bond acceptors (Lipinski definition) is 12. The predicted octanol–water partition coefficient (Wildman–Crippen LogP) is 3.82. The van der Waals surface area contributed by atoms with Gasteiger partial charge in [0, 0.05) is 49.6 Å². The van der Waals surface area contributed by atoms with Crippen molar-refractivity contribution in [2.24, 2.45) is 0 Å². The number of aromatic nitrogens is 8. The number of carboxylic acid groups (broad SMARTS) is 6. The monoisotopic (exact) mass is 897 g/mol. The Morgan fingerprint density at radius 1 is 0.397 bits per heavy atom. The molecule has 4 aromatic carbocycles. The first-order chi connectivity index (χ1) is 29.7. The van der Waals surface area contributed by atoms with Crippen molar-refractivity contribution in [1.82, 2.24) is 39.9 Å². The molecule has 21 heteroatoms. The Bertz CT molecular complexity index is 2540. The summed E-state index contributed by atoms with van der Waals surface area (Å²) in [6.45, 7) is 0. The molecule has 8 aromatic rings. The Morgan fingerprint density at radius 3 is 0.873 bits per heavy atom. The van der Waals surface area contributed by atoms with E-state index < -0.39 is 35.8 Å². The van der Waals surface area contributed by atoms with Gasteiger partial charge in [-0.2, -0.15) is 0 Å². The van der Waals surface area contributed by atoms with Gasteiger partial charge in [-0.3, -0.25) is 0 Å². The molecule has 20 nitrogen and oxygen atoms in total. The third-order valence-electron chi connectivity index (χ3n) is 8.30. The summed E-state index contributed by atoms with van der Waals surface area (Å²) in [6, 6.07) is 18.4. The largest absolute Gasteiger partial charge is 2.00 e. The summed E-state index contributed by atoms with van der Waals surface area (Å²) in [6.07, 6.45) is 13.8. The fourth-order valence-corrected chi connectivity index (χ4v) is 5.36. The molecule has 0 saturated carbocycles. The maximum absolute atomic E-state index is 11.2. The van der Waals surface area contributed by atoms with E-state index in [0.29, 0.717) is 22.3 Å². The van der Waals surface area contributed by atoms with Crippen molar-refractivity contribution in [3.05, 3.63) is 168 Å². The van der Waals surface area contributed by atoms with E-state index >= 15 is 0 Å². The van der Waals surface area contributed by atoms with Gasteiger partial charge in [-0.1, -0.05) is 48.5 Å². The van der Waals surface area contributed by atoms with Crippen molar-refractivity contribution in [3.63, 3.8) is 0 Å². The molecule has 0 aliphatic heterocycles. The Hall–Kier alpha value is -8.95. The Balaban J connectivity index is 0.000000193. The quantitative estimate of drug-likeness (QED) is 0.0967. The van der Waals surface area contributed by atoms with Gasteiger partial charge in [-0.25, -0.2) is 39.1 Å². The van der Waals surface area contributed by atoms with Crippen LogP contribution in [-0.4, -0.2) is 96.1 Å². The zero-order valence-electron chi connectivity index (χ0n) is 31.9. The standard InChI is InChI=1S/2C15H10O6.2C6H6N4.Co/c2*16-13(17)9-3-1-8(2-4-9)11-6-5-10(14(18)19)7-12(11)15(20)21;2*1-2-8-5(7-1)6-9-3-4-10-6;/h2*1-7H,(H,16,17)(H,18,19)(H,20,21);2*1-4H,(H,7,8)(H,9,10);/q;;;;+2/p-2. The molecule has 0 unspecified atom stereocenters. The van der Waals surface area contributed by atoms with E-state index in [1.54, 1.807) is 49.6 Å². The molecule has 4 aromatic heterocycles. The molecular formula is C42H30CoN8O12. The van der Waals surface area contributed by atoms with Gasteiger partial charge >= 0.3 is 40.7 Å². The molecule has 63 heavy (non-hydrogen) atoms. The summed E-state index contributed by atoms with van der Waals surface area (Å²) in [5, 5.41) is 57.5. The maximum Gasteiger partial charge on any atom is 2.00 e. The number of aromatic amines is 4. The van der Waals surface area contributed by atoms with Gasteiger partial charge in [-0.05, 0) is 69.8 Å². The first kappa shape index (κ1) is 46.7. The minimum absolute atomic E-state index is 0. The van der Waals surface area contributed by atoms with Crippen LogP contribution < -0.4 is 10.2 Å². The number of rotatable bonds is 10. The molecule has 0 spiro atoms. The van der Waals surface area contributed by atoms with Crippen LogP contribution in [0.4, 0.5) is 0 Å². The first-order valence-corrected chi connectivity index (χ1v) is 17.6. The number of carbonyl (C=O) groups excluding carboxylic acids is 2. The van der Waals surface area contributed by atoms with E-state index in [1.165, 1.54) is 72.8 Å². The van der Waals surface area contributed by atoms with Gasteiger partial charge in [0.2, 0.25) is 0 Å². The van der Waals surface area contributed by atoms with E-state index in [4.69, 9.17) is 20.4 Å². The Labute approximate surface area is 364 Å². The third kappa shape index (κ3) is 12.5. The number of imidazole rings is 4. The van der Waals surface area contributed by atoms with Gasteiger partial charge < -0.3 is 60.2 Å². The van der Waals surface area contributed by atoms with Crippen molar-refractivity contribution in [2.45, 2.75) is 0 Å². The van der Waals surface area contributed by atoms with Crippen LogP contribution in [0.5, 0.6) is 0 Å². The summed E-state index contributed by atoms with van der Waals surface area (Å²) >= 11 is 0. The number of nitrogens with one attached hydrogen (secondary N) is 4. The van der Waals surface area contributed by atoms with Crippen LogP contribution >= 0.6 is 0 Å². The van der Waals surface area contributed by atoms with E-state index in [9.17, 15) is 39.0 Å². The molecule has 0 amide bonds. The second-order valence-electron chi connectivity index (χ2n) is 12.2. The Kier molecular flexibility index (Phi) is 16.2. The minimum Gasteiger partial charge on any atom is -0.545 e. The molecule has 0 saturated heterocycles. The van der Waals surface area contributed by atoms with Gasteiger partial charge in [-0.15, -0.1) is 0 Å². The predicted molar refractivity (Wildman–Crippen MR) is 213 cm³/mol. The van der Waals surface area contributed by atoms with E-state index in [-0.39, 0.29) is 50.2 Å². The van der Waals surface area contributed by atoms with E-state index in [2.05, 4.69) is 39.9 Å². The second kappa shape index (κ2) is 21.9. The van der Waals surface area contributed by atoms with Gasteiger partial charge in [0.25, 0.3) is 0 Å². The van der Waals surface area contributed by atoms with Crippen LogP contribution in [0, 0.1) is 0 Å². The zero-order chi connectivity index (χ0) is 44.8. The number of benzene rings is 4. The fraction of sp³-hybridized carbons (Fsp3) is 0. The number of aromatic carboxylic acids is 6. The summed E-state index contributed by atoms with van der Waals surface area (Å²) in [7, 11) is 0. The fourth-order valence-electron chi connectivity index (χ4n) is 5.36. The third-order valence-corrected chi connectivity index (χ3v) is 8.30. The van der Waals surface area contributed by atoms with E-state index in [0.717, 1.165) is 35.4 Å². The van der Waals surface area contributed by atoms with Crippen molar-refractivity contribution in [1.29, 1.82) is 0 Å². The zero-order valence-corrected chi connectivity index (χ0v) is 32.9. The van der Waals surface area contributed by atoms with Crippen molar-refractivity contribution < 1.29 is 76.2 Å². The van der Waals surface area contributed by atoms with Crippen molar-refractivity contribution in [2.75, 3.05) is 0 Å². The smallest absolute Gasteiger partial charge is 0.545 e. The molecule has 0 bridgehead atoms. The number of H-pyrrole nitrogens is 4. The second-order valence-corrected chi connectivity index (χ2v) is 12.2. The number of nitrogens with zero attached hydrogens (tertiary/aromatic N) is 4. The van der Waals surface area contributed by atoms with Crippen molar-refractivity contribution in [3.8, 4) is 45.6 Å². The van der Waals surface area contributed by atoms with Gasteiger partial charge in [0.1, 0.15) is 0 Å². The molecule has 1 radical (unpaired) electrons. The topological polar surface area (TPSA) is 344 Å². The van der Waals surface area contributed by atoms with Crippen LogP contribution in [0.2, 0.25) is 0 Å². The van der Waals surface area contributed by atoms with Gasteiger partial charge in [0.15, 0.2) is 23.3 Å². The summed E-state index contributed by atoms with van der Waals surface area (Å²) in [5.74, 6) is -4.61. The van der Waals surface area contributed by atoms with Gasteiger partial charge in [0.05, 0.1) is 34.2 Å². The van der Waals surface area contributed by atoms with E-state index in [1.807, 2.05) is 0 Å². The molecule has 0 aliphatic rings. The number of carboxylic acids is 6. The molecular weight excluding hydrogens is 867 g/mol. The summed E-state index contributed by atoms with van der Waals surface area (Å²) in [4.78, 5) is 93.4. The van der Waals surface area contributed by atoms with Crippen LogP contribution in [0.25, 0.3) is 45.6 Å². The molecule has 0 fully saturated rings. The van der Waals surface area contributed by atoms with Crippen LogP contribution in [0.15, 0.2) is 135 Å². The normalized spacial score (nSPS) is 9.90. The van der Waals surface area contributed by atoms with Crippen molar-refractivity contribution >= 4 is 35.8 Å². The average molecular weight is 898 g/mol. The first-order valence-electron chi connectivity index (χ1n) is 17.6.